The van der Waals surface area contributed by atoms with Crippen LogP contribution in [-0.4, -0.2) is 31.3 Å². The molecule has 0 heterocycles. The lowest BCUT2D eigenvalue weighted by Crippen LogP contribution is -2.47. The van der Waals surface area contributed by atoms with Crippen molar-refractivity contribution >= 4 is 14.5 Å². The molecular weight excluding hydrogens is 224 g/mol. The highest BCUT2D eigenvalue weighted by Gasteiger charge is 2.36. The molecule has 1 N–H and O–H groups in total. The highest BCUT2D eigenvalue weighted by atomic mass is 28.4. The molecule has 0 radical (unpaired) electrons. The van der Waals surface area contributed by atoms with E-state index >= 15 is 0 Å². The second-order valence-corrected chi connectivity index (χ2v) is 8.97. The molecule has 0 saturated heterocycles. The average Bonchev–Trinajstić information content (AvgIpc) is 1.94. The van der Waals surface area contributed by atoms with Crippen LogP contribution in [0.1, 0.15) is 34.6 Å². The van der Waals surface area contributed by atoms with Crippen molar-refractivity contribution in [3.05, 3.63) is 0 Å². The lowest BCUT2D eigenvalue weighted by Gasteiger charge is -2.34. The second kappa shape index (κ2) is 5.29. The summed E-state index contributed by atoms with van der Waals surface area (Å²) in [6, 6.07) is 0. The molecule has 0 aromatic carbocycles. The molecule has 16 heavy (non-hydrogen) atoms. The van der Waals surface area contributed by atoms with Crippen LogP contribution in [0.4, 0.5) is 0 Å². The number of hydrogen-bond donors (Lipinski definition) is 1. The SMILES string of the molecule is CC(C)C(O[Si](C)(C)OC(C)(C)C)C(=O)O. The fourth-order valence-electron chi connectivity index (χ4n) is 1.54. The first-order valence-corrected chi connectivity index (χ1v) is 8.37. The van der Waals surface area contributed by atoms with Gasteiger partial charge in [-0.1, -0.05) is 13.8 Å². The van der Waals surface area contributed by atoms with Crippen molar-refractivity contribution in [2.75, 3.05) is 0 Å². The summed E-state index contributed by atoms with van der Waals surface area (Å²) in [5.74, 6) is -0.985. The van der Waals surface area contributed by atoms with Crippen LogP contribution in [0.3, 0.4) is 0 Å². The third-order valence-corrected chi connectivity index (χ3v) is 3.74. The van der Waals surface area contributed by atoms with Gasteiger partial charge >= 0.3 is 14.5 Å². The first-order valence-electron chi connectivity index (χ1n) is 5.55. The molecule has 0 fully saturated rings. The predicted molar refractivity (Wildman–Crippen MR) is 65.7 cm³/mol. The number of rotatable bonds is 5. The Morgan fingerprint density at radius 3 is 1.94 bits per heavy atom. The van der Waals surface area contributed by atoms with Gasteiger partial charge < -0.3 is 14.0 Å². The maximum Gasteiger partial charge on any atom is 0.332 e. The van der Waals surface area contributed by atoms with Crippen molar-refractivity contribution in [2.24, 2.45) is 5.92 Å². The summed E-state index contributed by atoms with van der Waals surface area (Å²) in [7, 11) is -2.41. The Kier molecular flexibility index (Phi) is 5.16. The quantitative estimate of drug-likeness (QED) is 0.760. The van der Waals surface area contributed by atoms with E-state index < -0.39 is 20.6 Å². The number of carboxylic acid groups (broad SMARTS) is 1. The van der Waals surface area contributed by atoms with E-state index in [4.69, 9.17) is 14.0 Å². The zero-order valence-electron chi connectivity index (χ0n) is 11.3. The standard InChI is InChI=1S/C11H24O4Si/c1-8(2)9(10(12)13)14-16(6,7)15-11(3,4)5/h8-9H,1-7H3,(H,12,13). The van der Waals surface area contributed by atoms with E-state index in [1.54, 1.807) is 0 Å². The maximum atomic E-state index is 11.0. The Balaban J connectivity index is 4.60. The Bertz CT molecular complexity index is 243. The van der Waals surface area contributed by atoms with E-state index in [1.807, 2.05) is 47.7 Å². The molecule has 0 saturated carbocycles. The number of aliphatic carboxylic acids is 1. The largest absolute Gasteiger partial charge is 0.479 e. The fourth-order valence-corrected chi connectivity index (χ4v) is 4.05. The Hall–Kier alpha value is -0.393. The Morgan fingerprint density at radius 1 is 1.25 bits per heavy atom. The molecule has 0 rings (SSSR count). The van der Waals surface area contributed by atoms with Crippen LogP contribution >= 0.6 is 0 Å². The molecule has 5 heteroatoms. The summed E-state index contributed by atoms with van der Waals surface area (Å²) in [5.41, 5.74) is -0.310. The smallest absolute Gasteiger partial charge is 0.332 e. The van der Waals surface area contributed by atoms with E-state index in [0.29, 0.717) is 0 Å². The van der Waals surface area contributed by atoms with Gasteiger partial charge in [0.25, 0.3) is 0 Å². The molecule has 1 unspecified atom stereocenters. The van der Waals surface area contributed by atoms with Gasteiger partial charge in [0.05, 0.1) is 5.60 Å². The third kappa shape index (κ3) is 6.25. The molecule has 0 spiro atoms. The van der Waals surface area contributed by atoms with Crippen molar-refractivity contribution in [1.29, 1.82) is 0 Å². The van der Waals surface area contributed by atoms with Crippen molar-refractivity contribution in [3.8, 4) is 0 Å². The van der Waals surface area contributed by atoms with Gasteiger partial charge in [0.15, 0.2) is 0 Å². The molecule has 0 aliphatic heterocycles. The minimum absolute atomic E-state index is 0.0622. The lowest BCUT2D eigenvalue weighted by molar-refractivity contribution is -0.149. The van der Waals surface area contributed by atoms with Crippen molar-refractivity contribution in [2.45, 2.75) is 59.4 Å². The molecular formula is C11H24O4Si. The van der Waals surface area contributed by atoms with Crippen LogP contribution in [0.15, 0.2) is 0 Å². The third-order valence-electron chi connectivity index (χ3n) is 1.81. The van der Waals surface area contributed by atoms with Gasteiger partial charge in [-0.3, -0.25) is 0 Å². The zero-order valence-corrected chi connectivity index (χ0v) is 12.3. The van der Waals surface area contributed by atoms with Gasteiger partial charge in [-0.2, -0.15) is 0 Å². The van der Waals surface area contributed by atoms with Gasteiger partial charge in [-0.05, 0) is 39.8 Å². The summed E-state index contributed by atoms with van der Waals surface area (Å²) in [6.45, 7) is 13.2. The summed E-state index contributed by atoms with van der Waals surface area (Å²) in [5, 5.41) is 9.05. The summed E-state index contributed by atoms with van der Waals surface area (Å²) in [4.78, 5) is 11.0. The highest BCUT2D eigenvalue weighted by Crippen LogP contribution is 2.21. The Morgan fingerprint density at radius 2 is 1.69 bits per heavy atom. The van der Waals surface area contributed by atoms with Gasteiger partial charge in [-0.15, -0.1) is 0 Å². The monoisotopic (exact) mass is 248 g/mol. The second-order valence-electron chi connectivity index (χ2n) is 5.73. The van der Waals surface area contributed by atoms with Gasteiger partial charge in [0, 0.05) is 0 Å². The molecule has 1 atom stereocenters. The predicted octanol–water partition coefficient (Wildman–Crippen LogP) is 2.63. The van der Waals surface area contributed by atoms with Crippen LogP contribution in [0.2, 0.25) is 13.1 Å². The summed E-state index contributed by atoms with van der Waals surface area (Å²) in [6.07, 6.45) is -0.788. The first kappa shape index (κ1) is 15.6. The van der Waals surface area contributed by atoms with Crippen LogP contribution < -0.4 is 0 Å². The molecule has 96 valence electrons. The van der Waals surface area contributed by atoms with Gasteiger partial charge in [-0.25, -0.2) is 4.79 Å². The average molecular weight is 248 g/mol. The van der Waals surface area contributed by atoms with Gasteiger partial charge in [0.2, 0.25) is 0 Å². The fraction of sp³-hybridized carbons (Fsp3) is 0.909. The number of carboxylic acids is 1. The molecule has 0 aromatic rings. The minimum atomic E-state index is -2.41. The lowest BCUT2D eigenvalue weighted by atomic mass is 10.1. The molecule has 4 nitrogen and oxygen atoms in total. The zero-order chi connectivity index (χ0) is 13.1. The number of carbonyl (C=O) groups is 1. The summed E-state index contributed by atoms with van der Waals surface area (Å²) < 4.78 is 11.5. The maximum absolute atomic E-state index is 11.0. The minimum Gasteiger partial charge on any atom is -0.479 e. The van der Waals surface area contributed by atoms with Crippen molar-refractivity contribution in [3.63, 3.8) is 0 Å². The normalized spacial score (nSPS) is 15.2. The van der Waals surface area contributed by atoms with Crippen LogP contribution in [-0.2, 0) is 13.6 Å². The van der Waals surface area contributed by atoms with E-state index in [9.17, 15) is 4.79 Å². The molecule has 0 amide bonds. The van der Waals surface area contributed by atoms with E-state index in [-0.39, 0.29) is 11.5 Å². The highest BCUT2D eigenvalue weighted by molar-refractivity contribution is 6.64. The van der Waals surface area contributed by atoms with E-state index in [2.05, 4.69) is 0 Å². The molecule has 0 aliphatic carbocycles. The molecule has 0 aliphatic rings. The van der Waals surface area contributed by atoms with Crippen LogP contribution in [0.5, 0.6) is 0 Å². The Labute approximate surface area is 99.2 Å². The van der Waals surface area contributed by atoms with Crippen LogP contribution in [0.25, 0.3) is 0 Å². The number of hydrogen-bond acceptors (Lipinski definition) is 3. The van der Waals surface area contributed by atoms with E-state index in [1.165, 1.54) is 0 Å². The summed E-state index contributed by atoms with van der Waals surface area (Å²) >= 11 is 0. The van der Waals surface area contributed by atoms with Gasteiger partial charge in [0.1, 0.15) is 6.10 Å². The van der Waals surface area contributed by atoms with Crippen LogP contribution in [0, 0.1) is 5.92 Å². The van der Waals surface area contributed by atoms with E-state index in [0.717, 1.165) is 0 Å². The molecule has 0 bridgehead atoms. The first-order chi connectivity index (χ1) is 6.94. The van der Waals surface area contributed by atoms with Crippen molar-refractivity contribution < 1.29 is 18.8 Å². The topological polar surface area (TPSA) is 55.8 Å². The van der Waals surface area contributed by atoms with Crippen molar-refractivity contribution in [1.82, 2.24) is 0 Å². The molecule has 0 aromatic heterocycles.